The highest BCUT2D eigenvalue weighted by molar-refractivity contribution is 5.96. The van der Waals surface area contributed by atoms with E-state index >= 15 is 0 Å². The molecule has 0 saturated heterocycles. The lowest BCUT2D eigenvalue weighted by Gasteiger charge is -2.15. The van der Waals surface area contributed by atoms with Crippen molar-refractivity contribution in [3.8, 4) is 0 Å². The van der Waals surface area contributed by atoms with E-state index in [4.69, 9.17) is 5.11 Å². The molecule has 7 heteroatoms. The molecule has 1 atom stereocenters. The van der Waals surface area contributed by atoms with Gasteiger partial charge in [0.25, 0.3) is 5.91 Å². The number of halogens is 1. The van der Waals surface area contributed by atoms with Crippen molar-refractivity contribution in [1.29, 1.82) is 0 Å². The smallest absolute Gasteiger partial charge is 0.303 e. The van der Waals surface area contributed by atoms with Crippen LogP contribution in [-0.2, 0) is 11.3 Å². The summed E-state index contributed by atoms with van der Waals surface area (Å²) in [6.45, 7) is 2.40. The van der Waals surface area contributed by atoms with Gasteiger partial charge in [-0.15, -0.1) is 0 Å². The maximum Gasteiger partial charge on any atom is 0.303 e. The van der Waals surface area contributed by atoms with Crippen molar-refractivity contribution in [3.63, 3.8) is 0 Å². The van der Waals surface area contributed by atoms with Gasteiger partial charge in [-0.3, -0.25) is 14.6 Å². The molecule has 0 aliphatic rings. The molecule has 1 amide bonds. The summed E-state index contributed by atoms with van der Waals surface area (Å²) < 4.78 is 13.2. The Kier molecular flexibility index (Phi) is 9.54. The molecule has 182 valence electrons. The average Bonchev–Trinajstić information content (AvgIpc) is 2.86. The van der Waals surface area contributed by atoms with Gasteiger partial charge in [0, 0.05) is 24.7 Å². The molecule has 0 fully saturated rings. The first kappa shape index (κ1) is 25.6. The standard InChI is InChI=1S/C28H30FN3O3/c1-20(22-8-4-2-5-9-22)32-28(35)23-13-16-25(31-19-21-11-14-24(29)15-12-21)26(18-23)30-17-7-3-6-10-27(33)34/h2,4-5,8-9,11-18,20,31H,3,6-7,10,19H2,1H3,(H,32,35)(H,33,34)/t20-/m0/s1. The quantitative estimate of drug-likeness (QED) is 0.212. The van der Waals surface area contributed by atoms with E-state index in [2.05, 4.69) is 15.6 Å². The number of carboxylic acid groups (broad SMARTS) is 1. The van der Waals surface area contributed by atoms with E-state index in [1.165, 1.54) is 12.1 Å². The van der Waals surface area contributed by atoms with Crippen LogP contribution in [0.15, 0.2) is 77.8 Å². The van der Waals surface area contributed by atoms with Crippen LogP contribution >= 0.6 is 0 Å². The first-order valence-corrected chi connectivity index (χ1v) is 11.6. The largest absolute Gasteiger partial charge is 0.481 e. The maximum absolute atomic E-state index is 13.2. The number of carbonyl (C=O) groups excluding carboxylic acids is 1. The first-order chi connectivity index (χ1) is 16.9. The van der Waals surface area contributed by atoms with Crippen LogP contribution in [0.5, 0.6) is 0 Å². The molecule has 6 nitrogen and oxygen atoms in total. The number of benzene rings is 3. The highest BCUT2D eigenvalue weighted by Gasteiger charge is 2.13. The van der Waals surface area contributed by atoms with E-state index in [9.17, 15) is 14.0 Å². The lowest BCUT2D eigenvalue weighted by atomic mass is 10.1. The zero-order valence-corrected chi connectivity index (χ0v) is 19.7. The van der Waals surface area contributed by atoms with Gasteiger partial charge in [-0.25, -0.2) is 4.39 Å². The molecular weight excluding hydrogens is 445 g/mol. The topological polar surface area (TPSA) is 90.8 Å². The minimum atomic E-state index is -0.808. The van der Waals surface area contributed by atoms with Gasteiger partial charge >= 0.3 is 5.97 Å². The fraction of sp³-hybridized carbons (Fsp3) is 0.250. The van der Waals surface area contributed by atoms with Crippen molar-refractivity contribution in [2.24, 2.45) is 4.99 Å². The lowest BCUT2D eigenvalue weighted by molar-refractivity contribution is -0.137. The number of anilines is 1. The lowest BCUT2D eigenvalue weighted by Crippen LogP contribution is -2.26. The monoisotopic (exact) mass is 475 g/mol. The summed E-state index contributed by atoms with van der Waals surface area (Å²) >= 11 is 0. The molecule has 3 aromatic rings. The van der Waals surface area contributed by atoms with Gasteiger partial charge in [0.1, 0.15) is 5.82 Å². The molecule has 0 radical (unpaired) electrons. The number of carbonyl (C=O) groups is 2. The number of amides is 1. The second kappa shape index (κ2) is 13.0. The number of unbranched alkanes of at least 4 members (excludes halogenated alkanes) is 2. The van der Waals surface area contributed by atoms with Gasteiger partial charge < -0.3 is 15.7 Å². The van der Waals surface area contributed by atoms with Crippen LogP contribution in [0.25, 0.3) is 0 Å². The molecule has 0 spiro atoms. The molecule has 0 heterocycles. The highest BCUT2D eigenvalue weighted by Crippen LogP contribution is 2.27. The maximum atomic E-state index is 13.2. The molecule has 0 aliphatic heterocycles. The van der Waals surface area contributed by atoms with Crippen LogP contribution in [0.3, 0.4) is 0 Å². The second-order valence-corrected chi connectivity index (χ2v) is 8.27. The van der Waals surface area contributed by atoms with Crippen molar-refractivity contribution >= 4 is 29.5 Å². The molecular formula is C28H30FN3O3. The summed E-state index contributed by atoms with van der Waals surface area (Å²) in [6, 6.07) is 21.1. The fourth-order valence-corrected chi connectivity index (χ4v) is 3.51. The van der Waals surface area contributed by atoms with E-state index in [1.807, 2.05) is 43.3 Å². The number of nitrogens with zero attached hydrogens (tertiary/aromatic N) is 1. The predicted octanol–water partition coefficient (Wildman–Crippen LogP) is 6.28. The Labute approximate surface area is 204 Å². The van der Waals surface area contributed by atoms with Crippen LogP contribution in [-0.4, -0.2) is 23.2 Å². The van der Waals surface area contributed by atoms with Crippen LogP contribution < -0.4 is 10.6 Å². The Morgan fingerprint density at radius 1 is 1.03 bits per heavy atom. The molecule has 0 saturated carbocycles. The Balaban J connectivity index is 1.72. The van der Waals surface area contributed by atoms with Crippen molar-refractivity contribution in [2.45, 2.75) is 45.2 Å². The number of hydrogen-bond acceptors (Lipinski definition) is 4. The van der Waals surface area contributed by atoms with Gasteiger partial charge in [-0.1, -0.05) is 42.5 Å². The fourth-order valence-electron chi connectivity index (χ4n) is 3.51. The number of aliphatic carboxylic acids is 1. The molecule has 0 aromatic heterocycles. The third-order valence-corrected chi connectivity index (χ3v) is 5.51. The first-order valence-electron chi connectivity index (χ1n) is 11.6. The number of carboxylic acids is 1. The summed E-state index contributed by atoms with van der Waals surface area (Å²) in [6.07, 6.45) is 3.80. The van der Waals surface area contributed by atoms with Gasteiger partial charge in [-0.2, -0.15) is 0 Å². The predicted molar refractivity (Wildman–Crippen MR) is 137 cm³/mol. The molecule has 0 bridgehead atoms. The summed E-state index contributed by atoms with van der Waals surface area (Å²) in [7, 11) is 0. The van der Waals surface area contributed by atoms with Gasteiger partial charge in [-0.05, 0) is 67.6 Å². The van der Waals surface area contributed by atoms with E-state index in [1.54, 1.807) is 30.5 Å². The number of hydrogen-bond donors (Lipinski definition) is 3. The van der Waals surface area contributed by atoms with Gasteiger partial charge in [0.05, 0.1) is 17.4 Å². The SMILES string of the molecule is C[C@H](NC(=O)c1ccc(NCc2ccc(F)cc2)c(N=CCCCCC(=O)O)c1)c1ccccc1. The van der Waals surface area contributed by atoms with E-state index in [-0.39, 0.29) is 24.2 Å². The summed E-state index contributed by atoms with van der Waals surface area (Å²) in [5.74, 6) is -1.30. The molecule has 35 heavy (non-hydrogen) atoms. The second-order valence-electron chi connectivity index (χ2n) is 8.27. The van der Waals surface area contributed by atoms with E-state index < -0.39 is 5.97 Å². The van der Waals surface area contributed by atoms with Gasteiger partial charge in [0.2, 0.25) is 0 Å². The summed E-state index contributed by atoms with van der Waals surface area (Å²) in [4.78, 5) is 28.1. The van der Waals surface area contributed by atoms with Crippen molar-refractivity contribution in [1.82, 2.24) is 5.32 Å². The normalized spacial score (nSPS) is 11.8. The van der Waals surface area contributed by atoms with E-state index in [0.717, 1.165) is 16.8 Å². The van der Waals surface area contributed by atoms with Gasteiger partial charge in [0.15, 0.2) is 0 Å². The third kappa shape index (κ3) is 8.37. The van der Waals surface area contributed by atoms with E-state index in [0.29, 0.717) is 37.1 Å². The van der Waals surface area contributed by atoms with Crippen molar-refractivity contribution < 1.29 is 19.1 Å². The molecule has 3 rings (SSSR count). The van der Waals surface area contributed by atoms with Crippen LogP contribution in [0.2, 0.25) is 0 Å². The molecule has 0 unspecified atom stereocenters. The highest BCUT2D eigenvalue weighted by atomic mass is 19.1. The van der Waals surface area contributed by atoms with Crippen LogP contribution in [0, 0.1) is 5.82 Å². The Morgan fingerprint density at radius 2 is 1.77 bits per heavy atom. The summed E-state index contributed by atoms with van der Waals surface area (Å²) in [5, 5.41) is 15.1. The molecule has 3 N–H and O–H groups in total. The van der Waals surface area contributed by atoms with Crippen LogP contribution in [0.1, 0.15) is 60.1 Å². The zero-order valence-electron chi connectivity index (χ0n) is 19.7. The minimum Gasteiger partial charge on any atom is -0.481 e. The van der Waals surface area contributed by atoms with Crippen molar-refractivity contribution in [3.05, 3.63) is 95.3 Å². The molecule has 3 aromatic carbocycles. The third-order valence-electron chi connectivity index (χ3n) is 5.51. The van der Waals surface area contributed by atoms with Crippen molar-refractivity contribution in [2.75, 3.05) is 5.32 Å². The minimum absolute atomic E-state index is 0.133. The average molecular weight is 476 g/mol. The Bertz CT molecular complexity index is 1150. The Hall–Kier alpha value is -4.00. The number of rotatable bonds is 12. The summed E-state index contributed by atoms with van der Waals surface area (Å²) in [5.41, 5.74) is 3.75. The Morgan fingerprint density at radius 3 is 2.49 bits per heavy atom. The zero-order chi connectivity index (χ0) is 25.0. The molecule has 0 aliphatic carbocycles. The number of nitrogens with one attached hydrogen (secondary N) is 2. The number of aliphatic imine (C=N–C) groups is 1. The van der Waals surface area contributed by atoms with Crippen LogP contribution in [0.4, 0.5) is 15.8 Å².